The van der Waals surface area contributed by atoms with Crippen molar-refractivity contribution in [2.75, 3.05) is 13.6 Å². The first-order valence-corrected chi connectivity index (χ1v) is 10.9. The van der Waals surface area contributed by atoms with Gasteiger partial charge in [0.1, 0.15) is 5.82 Å². The first-order valence-electron chi connectivity index (χ1n) is 10.9. The molecule has 3 rings (SSSR count). The average molecular weight is 436 g/mol. The number of halogens is 1. The van der Waals surface area contributed by atoms with Gasteiger partial charge in [-0.2, -0.15) is 0 Å². The highest BCUT2D eigenvalue weighted by atomic mass is 19.1. The molecule has 6 heteroatoms. The number of aliphatic hydroxyl groups is 1. The van der Waals surface area contributed by atoms with Crippen LogP contribution in [0.4, 0.5) is 4.39 Å². The molecule has 2 unspecified atom stereocenters. The molecule has 0 saturated heterocycles. The van der Waals surface area contributed by atoms with Gasteiger partial charge < -0.3 is 15.3 Å². The molecule has 2 aromatic carbocycles. The number of pyridine rings is 1. The maximum atomic E-state index is 13.3. The van der Waals surface area contributed by atoms with Crippen LogP contribution in [0.25, 0.3) is 0 Å². The smallest absolute Gasteiger partial charge is 0.253 e. The number of rotatable bonds is 10. The van der Waals surface area contributed by atoms with Crippen molar-refractivity contribution >= 4 is 5.91 Å². The van der Waals surface area contributed by atoms with Gasteiger partial charge in [0.15, 0.2) is 0 Å². The summed E-state index contributed by atoms with van der Waals surface area (Å²) in [6.07, 6.45) is 3.75. The number of carbonyl (C=O) groups excluding carboxylic acids is 1. The number of nitrogens with zero attached hydrogens (tertiary/aromatic N) is 2. The lowest BCUT2D eigenvalue weighted by molar-refractivity contribution is 0.0784. The number of aromatic nitrogens is 1. The summed E-state index contributed by atoms with van der Waals surface area (Å²) in [5.74, 6) is -0.543. The Morgan fingerprint density at radius 2 is 1.81 bits per heavy atom. The van der Waals surface area contributed by atoms with E-state index in [1.165, 1.54) is 6.07 Å². The Bertz CT molecular complexity index is 995. The average Bonchev–Trinajstić information content (AvgIpc) is 2.82. The van der Waals surface area contributed by atoms with E-state index in [9.17, 15) is 14.3 Å². The molecule has 1 heterocycles. The Labute approximate surface area is 188 Å². The minimum atomic E-state index is -0.551. The van der Waals surface area contributed by atoms with Gasteiger partial charge in [0.2, 0.25) is 0 Å². The van der Waals surface area contributed by atoms with Crippen LogP contribution in [0.3, 0.4) is 0 Å². The van der Waals surface area contributed by atoms with Crippen molar-refractivity contribution in [1.82, 2.24) is 15.2 Å². The highest BCUT2D eigenvalue weighted by Gasteiger charge is 2.18. The largest absolute Gasteiger partial charge is 0.387 e. The molecule has 0 fully saturated rings. The molecule has 168 valence electrons. The molecule has 0 bridgehead atoms. The molecular weight excluding hydrogens is 405 g/mol. The molecule has 2 N–H and O–H groups in total. The normalized spacial score (nSPS) is 12.9. The maximum Gasteiger partial charge on any atom is 0.253 e. The molecule has 0 radical (unpaired) electrons. The summed E-state index contributed by atoms with van der Waals surface area (Å²) in [7, 11) is 1.69. The molecule has 1 amide bonds. The van der Waals surface area contributed by atoms with Crippen LogP contribution in [-0.4, -0.2) is 40.5 Å². The van der Waals surface area contributed by atoms with Gasteiger partial charge in [-0.25, -0.2) is 4.39 Å². The Balaban J connectivity index is 1.51. The van der Waals surface area contributed by atoms with Crippen molar-refractivity contribution < 1.29 is 14.3 Å². The van der Waals surface area contributed by atoms with Gasteiger partial charge in [-0.15, -0.1) is 0 Å². The van der Waals surface area contributed by atoms with E-state index in [0.29, 0.717) is 11.1 Å². The van der Waals surface area contributed by atoms with Crippen LogP contribution in [0.1, 0.15) is 46.5 Å². The monoisotopic (exact) mass is 435 g/mol. The zero-order chi connectivity index (χ0) is 22.9. The molecule has 32 heavy (non-hydrogen) atoms. The van der Waals surface area contributed by atoms with Gasteiger partial charge in [0, 0.05) is 31.4 Å². The fourth-order valence-electron chi connectivity index (χ4n) is 3.69. The first kappa shape index (κ1) is 23.6. The van der Waals surface area contributed by atoms with Crippen LogP contribution in [0, 0.1) is 5.82 Å². The predicted octanol–water partition coefficient (Wildman–Crippen LogP) is 4.14. The second kappa shape index (κ2) is 11.5. The summed E-state index contributed by atoms with van der Waals surface area (Å²) in [6.45, 7) is 3.07. The van der Waals surface area contributed by atoms with Crippen molar-refractivity contribution in [3.8, 4) is 0 Å². The minimum Gasteiger partial charge on any atom is -0.387 e. The van der Waals surface area contributed by atoms with Crippen molar-refractivity contribution in [3.05, 3.63) is 101 Å². The summed E-state index contributed by atoms with van der Waals surface area (Å²) >= 11 is 0. The number of hydrogen-bond acceptors (Lipinski definition) is 4. The fourth-order valence-corrected chi connectivity index (χ4v) is 3.69. The van der Waals surface area contributed by atoms with E-state index in [4.69, 9.17) is 0 Å². The summed E-state index contributed by atoms with van der Waals surface area (Å²) in [6, 6.07) is 18.6. The second-order valence-corrected chi connectivity index (χ2v) is 7.94. The predicted molar refractivity (Wildman–Crippen MR) is 124 cm³/mol. The third kappa shape index (κ3) is 6.45. The lowest BCUT2D eigenvalue weighted by Crippen LogP contribution is -2.35. The molecule has 0 aliphatic carbocycles. The highest BCUT2D eigenvalue weighted by molar-refractivity contribution is 5.94. The van der Waals surface area contributed by atoms with Crippen molar-refractivity contribution in [3.63, 3.8) is 0 Å². The maximum absolute atomic E-state index is 13.3. The summed E-state index contributed by atoms with van der Waals surface area (Å²) in [5.41, 5.74) is 3.24. The Kier molecular flexibility index (Phi) is 8.48. The Hall–Kier alpha value is -3.09. The third-order valence-corrected chi connectivity index (χ3v) is 5.51. The van der Waals surface area contributed by atoms with Gasteiger partial charge in [-0.3, -0.25) is 9.78 Å². The number of carbonyl (C=O) groups is 1. The van der Waals surface area contributed by atoms with Gasteiger partial charge in [-0.1, -0.05) is 49.4 Å². The van der Waals surface area contributed by atoms with E-state index >= 15 is 0 Å². The molecule has 1 aromatic heterocycles. The summed E-state index contributed by atoms with van der Waals surface area (Å²) < 4.78 is 13.3. The molecule has 0 spiro atoms. The van der Waals surface area contributed by atoms with Crippen molar-refractivity contribution in [2.24, 2.45) is 0 Å². The number of hydrogen-bond donors (Lipinski definition) is 2. The van der Waals surface area contributed by atoms with E-state index in [0.717, 1.165) is 36.7 Å². The molecule has 0 saturated carbocycles. The highest BCUT2D eigenvalue weighted by Crippen LogP contribution is 2.18. The first-order chi connectivity index (χ1) is 15.5. The van der Waals surface area contributed by atoms with E-state index < -0.39 is 11.9 Å². The zero-order valence-corrected chi connectivity index (χ0v) is 18.5. The van der Waals surface area contributed by atoms with E-state index in [1.807, 2.05) is 54.6 Å². The lowest BCUT2D eigenvalue weighted by atomic mass is 10.00. The van der Waals surface area contributed by atoms with Gasteiger partial charge >= 0.3 is 0 Å². The fraction of sp³-hybridized carbons (Fsp3) is 0.308. The molecule has 0 aliphatic heterocycles. The van der Waals surface area contributed by atoms with Crippen molar-refractivity contribution in [2.45, 2.75) is 38.5 Å². The number of benzene rings is 2. The van der Waals surface area contributed by atoms with Crippen LogP contribution in [-0.2, 0) is 13.0 Å². The van der Waals surface area contributed by atoms with Crippen LogP contribution in [0.15, 0.2) is 73.1 Å². The van der Waals surface area contributed by atoms with Crippen LogP contribution in [0.5, 0.6) is 0 Å². The third-order valence-electron chi connectivity index (χ3n) is 5.51. The quantitative estimate of drug-likeness (QED) is 0.502. The molecule has 0 aliphatic rings. The second-order valence-electron chi connectivity index (χ2n) is 7.94. The Morgan fingerprint density at radius 3 is 2.47 bits per heavy atom. The molecule has 2 atom stereocenters. The lowest BCUT2D eigenvalue weighted by Gasteiger charge is -2.23. The van der Waals surface area contributed by atoms with Crippen LogP contribution < -0.4 is 5.32 Å². The van der Waals surface area contributed by atoms with Gasteiger partial charge in [0.25, 0.3) is 5.91 Å². The molecular formula is C26H30FN3O2. The van der Waals surface area contributed by atoms with Gasteiger partial charge in [0.05, 0.1) is 12.3 Å². The number of nitrogens with one attached hydrogen (secondary N) is 1. The standard InChI is InChI=1S/C26H30FN3O2/c1-3-24(25(31)21-7-5-4-6-8-21)29-14-13-19-9-11-22(12-10-19)26(32)30(2)18-20-15-23(27)17-28-16-20/h4-12,15-17,24-25,29,31H,3,13-14,18H2,1-2H3. The van der Waals surface area contributed by atoms with Crippen LogP contribution in [0.2, 0.25) is 0 Å². The number of aliphatic hydroxyl groups excluding tert-OH is 1. The summed E-state index contributed by atoms with van der Waals surface area (Å²) in [5, 5.41) is 14.1. The molecule has 3 aromatic rings. The van der Waals surface area contributed by atoms with E-state index in [2.05, 4.69) is 17.2 Å². The summed E-state index contributed by atoms with van der Waals surface area (Å²) in [4.78, 5) is 18.0. The number of amides is 1. The Morgan fingerprint density at radius 1 is 1.09 bits per heavy atom. The SMILES string of the molecule is CCC(NCCc1ccc(C(=O)N(C)Cc2cncc(F)c2)cc1)C(O)c1ccccc1. The van der Waals surface area contributed by atoms with E-state index in [1.54, 1.807) is 18.1 Å². The van der Waals surface area contributed by atoms with Gasteiger partial charge in [-0.05, 0) is 54.3 Å². The molecule has 5 nitrogen and oxygen atoms in total. The van der Waals surface area contributed by atoms with Crippen LogP contribution >= 0.6 is 0 Å². The van der Waals surface area contributed by atoms with E-state index in [-0.39, 0.29) is 18.5 Å². The van der Waals surface area contributed by atoms with Crippen molar-refractivity contribution in [1.29, 1.82) is 0 Å². The topological polar surface area (TPSA) is 65.5 Å². The zero-order valence-electron chi connectivity index (χ0n) is 18.5. The minimum absolute atomic E-state index is 0.0239.